The van der Waals surface area contributed by atoms with E-state index in [2.05, 4.69) is 15.3 Å². The molecule has 1 aromatic heterocycles. The van der Waals surface area contributed by atoms with Crippen molar-refractivity contribution in [3.63, 3.8) is 0 Å². The zero-order valence-corrected chi connectivity index (χ0v) is 16.0. The average Bonchev–Trinajstić information content (AvgIpc) is 2.67. The first-order chi connectivity index (χ1) is 13.6. The summed E-state index contributed by atoms with van der Waals surface area (Å²) < 4.78 is 5.07. The molecule has 1 heterocycles. The van der Waals surface area contributed by atoms with Gasteiger partial charge in [-0.15, -0.1) is 0 Å². The molecule has 28 heavy (non-hydrogen) atoms. The van der Waals surface area contributed by atoms with Gasteiger partial charge in [0, 0.05) is 12.5 Å². The van der Waals surface area contributed by atoms with E-state index in [9.17, 15) is 14.4 Å². The molecule has 2 N–H and O–H groups in total. The molecule has 1 saturated carbocycles. The van der Waals surface area contributed by atoms with E-state index in [4.69, 9.17) is 4.74 Å². The summed E-state index contributed by atoms with van der Waals surface area (Å²) in [5.74, 6) is -0.306. The normalized spacial score (nSPS) is 15.6. The highest BCUT2D eigenvalue weighted by molar-refractivity contribution is 5.81. The van der Waals surface area contributed by atoms with Gasteiger partial charge in [0.2, 0.25) is 0 Å². The van der Waals surface area contributed by atoms with Gasteiger partial charge >= 0.3 is 5.97 Å². The van der Waals surface area contributed by atoms with E-state index >= 15 is 0 Å². The lowest BCUT2D eigenvalue weighted by atomic mass is 9.97. The number of H-pyrrole nitrogens is 1. The quantitative estimate of drug-likeness (QED) is 0.745. The van der Waals surface area contributed by atoms with Crippen LogP contribution in [-0.4, -0.2) is 34.5 Å². The number of aromatic amines is 1. The molecule has 1 aliphatic rings. The van der Waals surface area contributed by atoms with Gasteiger partial charge in [0.05, 0.1) is 17.3 Å². The van der Waals surface area contributed by atoms with Crippen molar-refractivity contribution in [2.75, 3.05) is 6.61 Å². The zero-order chi connectivity index (χ0) is 19.8. The van der Waals surface area contributed by atoms with Crippen molar-refractivity contribution in [1.29, 1.82) is 0 Å². The Labute approximate surface area is 163 Å². The number of carbonyl (C=O) groups is 2. The maximum Gasteiger partial charge on any atom is 0.306 e. The number of para-hydroxylation sites is 1. The molecule has 0 saturated heterocycles. The predicted octanol–water partition coefficient (Wildman–Crippen LogP) is 2.63. The van der Waals surface area contributed by atoms with Crippen LogP contribution in [0.3, 0.4) is 0 Å². The van der Waals surface area contributed by atoms with Gasteiger partial charge in [-0.2, -0.15) is 0 Å². The number of nitrogens with zero attached hydrogens (tertiary/aromatic N) is 1. The average molecular weight is 385 g/mol. The third-order valence-electron chi connectivity index (χ3n) is 5.06. The number of aromatic nitrogens is 2. The summed E-state index contributed by atoms with van der Waals surface area (Å²) in [6, 6.07) is 7.22. The Bertz CT molecular complexity index is 869. The molecule has 2 aromatic rings. The van der Waals surface area contributed by atoms with Crippen molar-refractivity contribution < 1.29 is 14.3 Å². The molecule has 1 amide bonds. The molecular formula is C21H27N3O4. The first-order valence-electron chi connectivity index (χ1n) is 10.0. The summed E-state index contributed by atoms with van der Waals surface area (Å²) in [5.41, 5.74) is 0.362. The summed E-state index contributed by atoms with van der Waals surface area (Å²) in [6.45, 7) is -0.267. The molecule has 0 unspecified atom stereocenters. The van der Waals surface area contributed by atoms with Crippen molar-refractivity contribution in [2.45, 2.75) is 63.8 Å². The van der Waals surface area contributed by atoms with Crippen molar-refractivity contribution in [1.82, 2.24) is 15.3 Å². The van der Waals surface area contributed by atoms with Crippen molar-refractivity contribution in [3.8, 4) is 0 Å². The highest BCUT2D eigenvalue weighted by Crippen LogP contribution is 2.17. The van der Waals surface area contributed by atoms with Crippen LogP contribution < -0.4 is 10.9 Å². The van der Waals surface area contributed by atoms with E-state index in [1.54, 1.807) is 18.2 Å². The zero-order valence-electron chi connectivity index (χ0n) is 16.0. The first kappa shape index (κ1) is 20.0. The molecule has 3 rings (SSSR count). The van der Waals surface area contributed by atoms with Crippen LogP contribution in [0.25, 0.3) is 10.9 Å². The van der Waals surface area contributed by atoms with E-state index < -0.39 is 5.97 Å². The Balaban J connectivity index is 1.43. The number of rotatable bonds is 6. The largest absolute Gasteiger partial charge is 0.456 e. The monoisotopic (exact) mass is 385 g/mol. The summed E-state index contributed by atoms with van der Waals surface area (Å²) in [6.07, 6.45) is 8.24. The predicted molar refractivity (Wildman–Crippen MR) is 106 cm³/mol. The SMILES string of the molecule is O=C(COC(=O)CCc1nc2ccccc2c(=O)[nH]1)NC1CCCCCCC1. The van der Waals surface area contributed by atoms with Crippen molar-refractivity contribution in [2.24, 2.45) is 0 Å². The standard InChI is InChI=1S/C21H27N3O4/c25-19(22-15-8-4-2-1-3-5-9-15)14-28-20(26)13-12-18-23-17-11-7-6-10-16(17)21(27)24-18/h6-7,10-11,15H,1-5,8-9,12-14H2,(H,22,25)(H,23,24,27). The molecule has 150 valence electrons. The van der Waals surface area contributed by atoms with Gasteiger partial charge in [-0.1, -0.05) is 44.2 Å². The maximum atomic E-state index is 12.0. The Morgan fingerprint density at radius 1 is 1.11 bits per heavy atom. The molecular weight excluding hydrogens is 358 g/mol. The number of benzene rings is 1. The van der Waals surface area contributed by atoms with Gasteiger partial charge in [-0.05, 0) is 25.0 Å². The summed E-state index contributed by atoms with van der Waals surface area (Å²) >= 11 is 0. The maximum absolute atomic E-state index is 12.0. The number of nitrogens with one attached hydrogen (secondary N) is 2. The number of hydrogen-bond donors (Lipinski definition) is 2. The number of carbonyl (C=O) groups excluding carboxylic acids is 2. The van der Waals surface area contributed by atoms with Crippen LogP contribution in [0.2, 0.25) is 0 Å². The molecule has 0 atom stereocenters. The van der Waals surface area contributed by atoms with E-state index in [1.165, 1.54) is 19.3 Å². The lowest BCUT2D eigenvalue weighted by molar-refractivity contribution is -0.148. The molecule has 1 aromatic carbocycles. The van der Waals surface area contributed by atoms with E-state index in [1.807, 2.05) is 6.07 Å². The minimum atomic E-state index is -0.483. The Hall–Kier alpha value is -2.70. The van der Waals surface area contributed by atoms with Crippen LogP contribution in [0.15, 0.2) is 29.1 Å². The van der Waals surface area contributed by atoms with E-state index in [-0.39, 0.29) is 37.0 Å². The molecule has 7 nitrogen and oxygen atoms in total. The number of hydrogen-bond acceptors (Lipinski definition) is 5. The van der Waals surface area contributed by atoms with Crippen LogP contribution in [0.1, 0.15) is 57.2 Å². The van der Waals surface area contributed by atoms with Gasteiger partial charge in [-0.25, -0.2) is 4.98 Å². The third kappa shape index (κ3) is 5.90. The van der Waals surface area contributed by atoms with Gasteiger partial charge in [0.1, 0.15) is 5.82 Å². The smallest absolute Gasteiger partial charge is 0.306 e. The van der Waals surface area contributed by atoms with Crippen LogP contribution in [-0.2, 0) is 20.7 Å². The van der Waals surface area contributed by atoms with E-state index in [0.29, 0.717) is 16.7 Å². The van der Waals surface area contributed by atoms with Gasteiger partial charge in [-0.3, -0.25) is 14.4 Å². The fourth-order valence-electron chi connectivity index (χ4n) is 3.56. The lowest BCUT2D eigenvalue weighted by Crippen LogP contribution is -2.38. The van der Waals surface area contributed by atoms with Gasteiger partial charge < -0.3 is 15.0 Å². The molecule has 0 radical (unpaired) electrons. The van der Waals surface area contributed by atoms with Gasteiger partial charge in [0.25, 0.3) is 11.5 Å². The fraction of sp³-hybridized carbons (Fsp3) is 0.524. The molecule has 1 fully saturated rings. The molecule has 0 aliphatic heterocycles. The number of aryl methyl sites for hydroxylation is 1. The number of fused-ring (bicyclic) bond motifs is 1. The Morgan fingerprint density at radius 3 is 2.61 bits per heavy atom. The molecule has 0 spiro atoms. The van der Waals surface area contributed by atoms with E-state index in [0.717, 1.165) is 25.7 Å². The second-order valence-corrected chi connectivity index (χ2v) is 7.30. The topological polar surface area (TPSA) is 101 Å². The van der Waals surface area contributed by atoms with Crippen LogP contribution in [0.5, 0.6) is 0 Å². The van der Waals surface area contributed by atoms with Gasteiger partial charge in [0.15, 0.2) is 6.61 Å². The fourth-order valence-corrected chi connectivity index (χ4v) is 3.56. The van der Waals surface area contributed by atoms with Crippen LogP contribution in [0, 0.1) is 0 Å². The molecule has 0 bridgehead atoms. The van der Waals surface area contributed by atoms with Crippen molar-refractivity contribution >= 4 is 22.8 Å². The minimum Gasteiger partial charge on any atom is -0.456 e. The second-order valence-electron chi connectivity index (χ2n) is 7.30. The first-order valence-corrected chi connectivity index (χ1v) is 10.0. The minimum absolute atomic E-state index is 0.0536. The second kappa shape index (κ2) is 10.0. The molecule has 7 heteroatoms. The third-order valence-corrected chi connectivity index (χ3v) is 5.06. The van der Waals surface area contributed by atoms with Crippen molar-refractivity contribution in [3.05, 3.63) is 40.4 Å². The lowest BCUT2D eigenvalue weighted by Gasteiger charge is -2.20. The van der Waals surface area contributed by atoms with Crippen LogP contribution in [0.4, 0.5) is 0 Å². The number of ether oxygens (including phenoxy) is 1. The number of esters is 1. The number of amides is 1. The molecule has 1 aliphatic carbocycles. The Kier molecular flexibility index (Phi) is 7.17. The summed E-state index contributed by atoms with van der Waals surface area (Å²) in [4.78, 5) is 43.0. The highest BCUT2D eigenvalue weighted by Gasteiger charge is 2.15. The highest BCUT2D eigenvalue weighted by atomic mass is 16.5. The Morgan fingerprint density at radius 2 is 1.82 bits per heavy atom. The van der Waals surface area contributed by atoms with Crippen LogP contribution >= 0.6 is 0 Å². The summed E-state index contributed by atoms with van der Waals surface area (Å²) in [5, 5.41) is 3.48. The summed E-state index contributed by atoms with van der Waals surface area (Å²) in [7, 11) is 0.